The molecule has 0 spiro atoms. The highest BCUT2D eigenvalue weighted by molar-refractivity contribution is 14.1. The maximum Gasteiger partial charge on any atom is 0.252 e. The predicted molar refractivity (Wildman–Crippen MR) is 102 cm³/mol. The minimum Gasteiger partial charge on any atom is -0.298 e. The average Bonchev–Trinajstić information content (AvgIpc) is 3.07. The summed E-state index contributed by atoms with van der Waals surface area (Å²) >= 11 is 1.84. The minimum atomic E-state index is -0.783. The highest BCUT2D eigenvalue weighted by Gasteiger charge is 2.25. The number of hydrogen-bond donors (Lipinski definition) is 0. The van der Waals surface area contributed by atoms with Crippen molar-refractivity contribution in [2.45, 2.75) is 32.2 Å². The van der Waals surface area contributed by atoms with Crippen molar-refractivity contribution in [2.75, 3.05) is 13.1 Å². The number of rotatable bonds is 3. The summed E-state index contributed by atoms with van der Waals surface area (Å²) in [4.78, 5) is 10.9. The van der Waals surface area contributed by atoms with Gasteiger partial charge in [-0.2, -0.15) is 10.1 Å². The lowest BCUT2D eigenvalue weighted by Gasteiger charge is -2.33. The standard InChI is InChI=1S/C18H18F2IN5/c1-11-5-16(26-18(24-11)22-10-23-26)13-3-2-4-25(9-13)8-12-6-14(19)17(20)15(21)7-12/h5-7,10,13H,2-4,8-9H2,1H3. The Labute approximate surface area is 163 Å². The molecule has 1 fully saturated rings. The lowest BCUT2D eigenvalue weighted by Crippen LogP contribution is -2.34. The van der Waals surface area contributed by atoms with Crippen molar-refractivity contribution in [3.05, 3.63) is 56.7 Å². The first-order valence-corrected chi connectivity index (χ1v) is 9.62. The zero-order valence-corrected chi connectivity index (χ0v) is 16.4. The average molecular weight is 469 g/mol. The van der Waals surface area contributed by atoms with Crippen molar-refractivity contribution in [3.8, 4) is 0 Å². The lowest BCUT2D eigenvalue weighted by atomic mass is 9.93. The monoisotopic (exact) mass is 469 g/mol. The van der Waals surface area contributed by atoms with Crippen molar-refractivity contribution in [1.82, 2.24) is 24.5 Å². The number of fused-ring (bicyclic) bond motifs is 1. The number of nitrogens with zero attached hydrogens (tertiary/aromatic N) is 5. The highest BCUT2D eigenvalue weighted by Crippen LogP contribution is 2.28. The first kappa shape index (κ1) is 17.7. The number of hydrogen-bond acceptors (Lipinski definition) is 4. The molecule has 0 bridgehead atoms. The first-order valence-electron chi connectivity index (χ1n) is 8.54. The predicted octanol–water partition coefficient (Wildman–Crippen LogP) is 3.70. The summed E-state index contributed by atoms with van der Waals surface area (Å²) in [6, 6.07) is 5.08. The Bertz CT molecular complexity index is 935. The molecule has 0 radical (unpaired) electrons. The summed E-state index contributed by atoms with van der Waals surface area (Å²) in [5, 5.41) is 4.31. The minimum absolute atomic E-state index is 0.305. The van der Waals surface area contributed by atoms with Gasteiger partial charge in [0.1, 0.15) is 6.33 Å². The zero-order chi connectivity index (χ0) is 18.3. The summed E-state index contributed by atoms with van der Waals surface area (Å²) in [5.74, 6) is -0.632. The van der Waals surface area contributed by atoms with Gasteiger partial charge in [0.25, 0.3) is 5.78 Å². The molecule has 3 aromatic rings. The molecular formula is C18H18F2IN5. The quantitative estimate of drug-likeness (QED) is 0.434. The van der Waals surface area contributed by atoms with Gasteiger partial charge in [-0.15, -0.1) is 0 Å². The van der Waals surface area contributed by atoms with Crippen LogP contribution in [0.5, 0.6) is 0 Å². The maximum atomic E-state index is 13.7. The van der Waals surface area contributed by atoms with E-state index in [0.29, 0.717) is 21.8 Å². The Morgan fingerprint density at radius 1 is 1.27 bits per heavy atom. The number of piperidine rings is 1. The molecule has 26 heavy (non-hydrogen) atoms. The first-order chi connectivity index (χ1) is 12.5. The Morgan fingerprint density at radius 2 is 2.12 bits per heavy atom. The fourth-order valence-electron chi connectivity index (χ4n) is 3.65. The van der Waals surface area contributed by atoms with Gasteiger partial charge < -0.3 is 0 Å². The summed E-state index contributed by atoms with van der Waals surface area (Å²) in [6.45, 7) is 4.35. The topological polar surface area (TPSA) is 46.3 Å². The summed E-state index contributed by atoms with van der Waals surface area (Å²) in [7, 11) is 0. The van der Waals surface area contributed by atoms with Crippen LogP contribution in [0.2, 0.25) is 0 Å². The molecule has 136 valence electrons. The van der Waals surface area contributed by atoms with E-state index in [1.807, 2.05) is 34.0 Å². The number of likely N-dealkylation sites (tertiary alicyclic amines) is 1. The van der Waals surface area contributed by atoms with Crippen molar-refractivity contribution in [1.29, 1.82) is 0 Å². The molecule has 2 aromatic heterocycles. The van der Waals surface area contributed by atoms with Crippen molar-refractivity contribution in [2.24, 2.45) is 0 Å². The van der Waals surface area contributed by atoms with E-state index in [2.05, 4.69) is 26.0 Å². The van der Waals surface area contributed by atoms with Crippen LogP contribution >= 0.6 is 22.6 Å². The van der Waals surface area contributed by atoms with Crippen molar-refractivity contribution >= 4 is 28.4 Å². The molecule has 1 saturated heterocycles. The van der Waals surface area contributed by atoms with E-state index < -0.39 is 11.6 Å². The molecule has 0 amide bonds. The Balaban J connectivity index is 1.57. The maximum absolute atomic E-state index is 13.7. The largest absolute Gasteiger partial charge is 0.298 e. The van der Waals surface area contributed by atoms with Crippen LogP contribution in [0.15, 0.2) is 24.5 Å². The second kappa shape index (κ2) is 7.15. The summed E-state index contributed by atoms with van der Waals surface area (Å²) in [5.41, 5.74) is 2.83. The van der Waals surface area contributed by atoms with E-state index in [1.54, 1.807) is 6.07 Å². The molecule has 1 unspecified atom stereocenters. The lowest BCUT2D eigenvalue weighted by molar-refractivity contribution is 0.197. The molecule has 3 heterocycles. The van der Waals surface area contributed by atoms with Gasteiger partial charge in [-0.25, -0.2) is 18.3 Å². The van der Waals surface area contributed by atoms with Crippen LogP contribution in [0.3, 0.4) is 0 Å². The van der Waals surface area contributed by atoms with Crippen LogP contribution < -0.4 is 0 Å². The van der Waals surface area contributed by atoms with E-state index in [1.165, 1.54) is 12.4 Å². The smallest absolute Gasteiger partial charge is 0.252 e. The molecule has 4 rings (SSSR count). The molecule has 8 heteroatoms. The molecule has 1 aliphatic heterocycles. The van der Waals surface area contributed by atoms with Crippen molar-refractivity contribution in [3.63, 3.8) is 0 Å². The van der Waals surface area contributed by atoms with Gasteiger partial charge in [0.05, 0.1) is 9.26 Å². The van der Waals surface area contributed by atoms with Crippen molar-refractivity contribution < 1.29 is 8.78 Å². The molecule has 0 N–H and O–H groups in total. The van der Waals surface area contributed by atoms with Gasteiger partial charge in [-0.05, 0) is 72.7 Å². The normalized spacial score (nSPS) is 18.5. The van der Waals surface area contributed by atoms with Gasteiger partial charge >= 0.3 is 0 Å². The number of aromatic nitrogens is 4. The van der Waals surface area contributed by atoms with Crippen LogP contribution in [0.25, 0.3) is 5.78 Å². The van der Waals surface area contributed by atoms with Gasteiger partial charge in [0.2, 0.25) is 0 Å². The number of benzene rings is 1. The zero-order valence-electron chi connectivity index (χ0n) is 14.3. The molecule has 5 nitrogen and oxygen atoms in total. The third-order valence-electron chi connectivity index (χ3n) is 4.78. The van der Waals surface area contributed by atoms with Crippen LogP contribution in [0, 0.1) is 22.1 Å². The molecule has 1 aliphatic rings. The number of aryl methyl sites for hydroxylation is 1. The van der Waals surface area contributed by atoms with Crippen LogP contribution in [-0.4, -0.2) is 37.6 Å². The molecule has 1 atom stereocenters. The third kappa shape index (κ3) is 3.44. The van der Waals surface area contributed by atoms with Gasteiger partial charge in [0, 0.05) is 24.7 Å². The molecule has 0 saturated carbocycles. The fourth-order valence-corrected chi connectivity index (χ4v) is 4.31. The second-order valence-corrected chi connectivity index (χ2v) is 7.90. The Kier molecular flexibility index (Phi) is 4.87. The van der Waals surface area contributed by atoms with E-state index in [4.69, 9.17) is 0 Å². The molecule has 0 aliphatic carbocycles. The van der Waals surface area contributed by atoms with Gasteiger partial charge in [0.15, 0.2) is 11.6 Å². The molecular weight excluding hydrogens is 451 g/mol. The third-order valence-corrected chi connectivity index (χ3v) is 5.57. The van der Waals surface area contributed by atoms with Gasteiger partial charge in [-0.1, -0.05) is 0 Å². The molecule has 1 aromatic carbocycles. The van der Waals surface area contributed by atoms with E-state index in [-0.39, 0.29) is 0 Å². The van der Waals surface area contributed by atoms with Crippen LogP contribution in [0.4, 0.5) is 8.78 Å². The Morgan fingerprint density at radius 3 is 2.92 bits per heavy atom. The van der Waals surface area contributed by atoms with Crippen LogP contribution in [0.1, 0.15) is 35.7 Å². The summed E-state index contributed by atoms with van der Waals surface area (Å²) in [6.07, 6.45) is 3.63. The Hall–Kier alpha value is -1.68. The SMILES string of the molecule is Cc1cc(C2CCCN(Cc3cc(F)c(F)c(I)c3)C2)n2ncnc2n1. The van der Waals surface area contributed by atoms with E-state index >= 15 is 0 Å². The number of halogens is 3. The fraction of sp³-hybridized carbons (Fsp3) is 0.389. The van der Waals surface area contributed by atoms with E-state index in [9.17, 15) is 8.78 Å². The summed E-state index contributed by atoms with van der Waals surface area (Å²) < 4.78 is 29.3. The highest BCUT2D eigenvalue weighted by atomic mass is 127. The van der Waals surface area contributed by atoms with E-state index in [0.717, 1.165) is 42.9 Å². The van der Waals surface area contributed by atoms with Crippen LogP contribution in [-0.2, 0) is 6.54 Å². The van der Waals surface area contributed by atoms with Gasteiger partial charge in [-0.3, -0.25) is 4.90 Å². The second-order valence-electron chi connectivity index (χ2n) is 6.74.